The number of hydrogen-bond donors (Lipinski definition) is 1. The van der Waals surface area contributed by atoms with Crippen LogP contribution in [0, 0.1) is 13.8 Å². The lowest BCUT2D eigenvalue weighted by Crippen LogP contribution is -2.39. The number of benzene rings is 3. The van der Waals surface area contributed by atoms with Crippen LogP contribution in [0.1, 0.15) is 23.1 Å². The van der Waals surface area contributed by atoms with Crippen LogP contribution < -0.4 is 19.5 Å². The molecule has 0 atom stereocenters. The number of ether oxygens (including phenoxy) is 3. The monoisotopic (exact) mass is 500 g/mol. The molecule has 0 aliphatic carbocycles. The summed E-state index contributed by atoms with van der Waals surface area (Å²) in [6.45, 7) is 6.75. The summed E-state index contributed by atoms with van der Waals surface area (Å²) in [4.78, 5) is 22.4. The molecule has 1 saturated heterocycles. The van der Waals surface area contributed by atoms with Gasteiger partial charge in [-0.25, -0.2) is 9.79 Å². The Labute approximate surface area is 217 Å². The Bertz CT molecular complexity index is 1350. The molecule has 1 fully saturated rings. The quantitative estimate of drug-likeness (QED) is 0.496. The molecule has 5 rings (SSSR count). The molecule has 2 amide bonds. The Morgan fingerprint density at radius 2 is 1.70 bits per heavy atom. The number of carbonyl (C=O) groups excluding carboxylic acids is 1. The van der Waals surface area contributed by atoms with E-state index in [2.05, 4.69) is 29.3 Å². The minimum Gasteiger partial charge on any atom is -0.497 e. The molecule has 3 aromatic rings. The predicted molar refractivity (Wildman–Crippen MR) is 145 cm³/mol. The van der Waals surface area contributed by atoms with Gasteiger partial charge in [0, 0.05) is 32.2 Å². The van der Waals surface area contributed by atoms with Crippen LogP contribution in [0.4, 0.5) is 16.2 Å². The molecule has 2 aliphatic rings. The molecule has 0 saturated carbocycles. The van der Waals surface area contributed by atoms with Gasteiger partial charge < -0.3 is 29.3 Å². The number of methoxy groups -OCH3 is 2. The highest BCUT2D eigenvalue weighted by molar-refractivity contribution is 6.04. The first-order valence-corrected chi connectivity index (χ1v) is 12.5. The van der Waals surface area contributed by atoms with E-state index in [1.807, 2.05) is 36.1 Å². The Morgan fingerprint density at radius 3 is 2.51 bits per heavy atom. The van der Waals surface area contributed by atoms with Crippen LogP contribution in [-0.4, -0.2) is 62.1 Å². The van der Waals surface area contributed by atoms with Crippen molar-refractivity contribution < 1.29 is 19.0 Å². The first kappa shape index (κ1) is 24.5. The van der Waals surface area contributed by atoms with Crippen LogP contribution in [0.5, 0.6) is 23.0 Å². The van der Waals surface area contributed by atoms with Gasteiger partial charge in [-0.1, -0.05) is 17.7 Å². The second kappa shape index (κ2) is 10.4. The molecular formula is C29H32N4O4. The number of urea groups is 1. The number of carbonyl (C=O) groups is 1. The van der Waals surface area contributed by atoms with Gasteiger partial charge >= 0.3 is 6.03 Å². The van der Waals surface area contributed by atoms with Crippen molar-refractivity contribution in [3.63, 3.8) is 0 Å². The smallest absolute Gasteiger partial charge is 0.322 e. The van der Waals surface area contributed by atoms with E-state index in [1.165, 1.54) is 0 Å². The van der Waals surface area contributed by atoms with Gasteiger partial charge in [-0.3, -0.25) is 0 Å². The molecular weight excluding hydrogens is 468 g/mol. The Morgan fingerprint density at radius 1 is 0.892 bits per heavy atom. The minimum atomic E-state index is -0.159. The van der Waals surface area contributed by atoms with Gasteiger partial charge in [0.15, 0.2) is 5.75 Å². The number of anilines is 1. The number of fused-ring (bicyclic) bond motifs is 2. The molecule has 1 N–H and O–H groups in total. The molecule has 37 heavy (non-hydrogen) atoms. The molecule has 2 aliphatic heterocycles. The third-order valence-electron chi connectivity index (χ3n) is 6.67. The van der Waals surface area contributed by atoms with Crippen molar-refractivity contribution in [2.45, 2.75) is 20.3 Å². The molecule has 2 heterocycles. The van der Waals surface area contributed by atoms with Gasteiger partial charge in [-0.2, -0.15) is 0 Å². The summed E-state index contributed by atoms with van der Waals surface area (Å²) < 4.78 is 17.0. The largest absolute Gasteiger partial charge is 0.497 e. The first-order valence-electron chi connectivity index (χ1n) is 12.5. The number of aliphatic imine (C=N–C) groups is 1. The lowest BCUT2D eigenvalue weighted by atomic mass is 10.1. The van der Waals surface area contributed by atoms with E-state index in [9.17, 15) is 4.79 Å². The maximum atomic E-state index is 13.2. The van der Waals surface area contributed by atoms with Crippen molar-refractivity contribution in [2.24, 2.45) is 4.99 Å². The van der Waals surface area contributed by atoms with Gasteiger partial charge in [0.25, 0.3) is 0 Å². The normalized spacial score (nSPS) is 14.9. The molecule has 0 bridgehead atoms. The van der Waals surface area contributed by atoms with Crippen LogP contribution in [-0.2, 0) is 0 Å². The summed E-state index contributed by atoms with van der Waals surface area (Å²) >= 11 is 0. The third-order valence-corrected chi connectivity index (χ3v) is 6.67. The van der Waals surface area contributed by atoms with Crippen LogP contribution in [0.25, 0.3) is 0 Å². The zero-order chi connectivity index (χ0) is 25.9. The molecule has 0 aromatic heterocycles. The SMILES string of the molecule is COc1ccc(NC(=O)N2CCCN(C3=Nc4ccc(C)cc4Oc4ccc(C)cc43)CC2)c(OC)c1. The molecule has 8 nitrogen and oxygen atoms in total. The van der Waals surface area contributed by atoms with Crippen LogP contribution >= 0.6 is 0 Å². The highest BCUT2D eigenvalue weighted by Gasteiger charge is 2.26. The number of amides is 2. The molecule has 0 spiro atoms. The fraction of sp³-hybridized carbons (Fsp3) is 0.310. The second-order valence-electron chi connectivity index (χ2n) is 9.33. The first-order chi connectivity index (χ1) is 17.9. The molecule has 8 heteroatoms. The molecule has 192 valence electrons. The molecule has 0 unspecified atom stereocenters. The average molecular weight is 501 g/mol. The number of nitrogens with zero attached hydrogens (tertiary/aromatic N) is 3. The van der Waals surface area contributed by atoms with Crippen LogP contribution in [0.3, 0.4) is 0 Å². The molecule has 3 aromatic carbocycles. The van der Waals surface area contributed by atoms with E-state index < -0.39 is 0 Å². The minimum absolute atomic E-state index is 0.159. The highest BCUT2D eigenvalue weighted by atomic mass is 16.5. The topological polar surface area (TPSA) is 75.6 Å². The van der Waals surface area contributed by atoms with Crippen molar-refractivity contribution in [1.82, 2.24) is 9.80 Å². The summed E-state index contributed by atoms with van der Waals surface area (Å²) in [6, 6.07) is 17.4. The fourth-order valence-electron chi connectivity index (χ4n) is 4.67. The van der Waals surface area contributed by atoms with Gasteiger partial charge in [-0.15, -0.1) is 0 Å². The standard InChI is InChI=1S/C29H32N4O4/c1-19-7-11-25-22(16-19)28(30-24-9-6-20(2)17-27(24)37-25)32-12-5-13-33(15-14-32)29(34)31-23-10-8-21(35-3)18-26(23)36-4/h6-11,16-18H,5,12-15H2,1-4H3,(H,31,34). The summed E-state index contributed by atoms with van der Waals surface area (Å²) in [7, 11) is 3.17. The summed E-state index contributed by atoms with van der Waals surface area (Å²) in [5.74, 6) is 3.64. The number of amidine groups is 1. The van der Waals surface area contributed by atoms with Gasteiger partial charge in [0.2, 0.25) is 0 Å². The zero-order valence-electron chi connectivity index (χ0n) is 21.7. The van der Waals surface area contributed by atoms with Crippen molar-refractivity contribution in [1.29, 1.82) is 0 Å². The van der Waals surface area contributed by atoms with Gasteiger partial charge in [0.1, 0.15) is 28.8 Å². The highest BCUT2D eigenvalue weighted by Crippen LogP contribution is 2.39. The van der Waals surface area contributed by atoms with Crippen LogP contribution in [0.2, 0.25) is 0 Å². The number of aryl methyl sites for hydroxylation is 2. The van der Waals surface area contributed by atoms with E-state index in [0.29, 0.717) is 36.8 Å². The Hall–Kier alpha value is -4.20. The van der Waals surface area contributed by atoms with E-state index in [4.69, 9.17) is 19.2 Å². The lowest BCUT2D eigenvalue weighted by Gasteiger charge is -2.25. The number of rotatable bonds is 3. The maximum Gasteiger partial charge on any atom is 0.322 e. The van der Waals surface area contributed by atoms with E-state index in [-0.39, 0.29) is 6.03 Å². The lowest BCUT2D eigenvalue weighted by molar-refractivity contribution is 0.214. The van der Waals surface area contributed by atoms with E-state index in [0.717, 1.165) is 52.7 Å². The van der Waals surface area contributed by atoms with Crippen molar-refractivity contribution in [3.8, 4) is 23.0 Å². The van der Waals surface area contributed by atoms with Crippen molar-refractivity contribution in [3.05, 3.63) is 71.3 Å². The van der Waals surface area contributed by atoms with E-state index >= 15 is 0 Å². The van der Waals surface area contributed by atoms with Gasteiger partial charge in [-0.05, 0) is 62.2 Å². The van der Waals surface area contributed by atoms with Crippen molar-refractivity contribution >= 4 is 23.2 Å². The Kier molecular flexibility index (Phi) is 6.90. The second-order valence-corrected chi connectivity index (χ2v) is 9.33. The Balaban J connectivity index is 1.37. The summed E-state index contributed by atoms with van der Waals surface area (Å²) in [5.41, 5.74) is 4.64. The fourth-order valence-corrected chi connectivity index (χ4v) is 4.67. The number of hydrogen-bond acceptors (Lipinski definition) is 6. The zero-order valence-corrected chi connectivity index (χ0v) is 21.7. The summed E-state index contributed by atoms with van der Waals surface area (Å²) in [5, 5.41) is 2.99. The maximum absolute atomic E-state index is 13.2. The number of nitrogens with one attached hydrogen (secondary N) is 1. The molecule has 0 radical (unpaired) electrons. The predicted octanol–water partition coefficient (Wildman–Crippen LogP) is 5.74. The van der Waals surface area contributed by atoms with Gasteiger partial charge in [0.05, 0.1) is 25.5 Å². The van der Waals surface area contributed by atoms with E-state index in [1.54, 1.807) is 32.4 Å². The average Bonchev–Trinajstić information content (AvgIpc) is 3.23. The van der Waals surface area contributed by atoms with Crippen LogP contribution in [0.15, 0.2) is 59.6 Å². The van der Waals surface area contributed by atoms with Crippen molar-refractivity contribution in [2.75, 3.05) is 45.7 Å². The summed E-state index contributed by atoms with van der Waals surface area (Å²) in [6.07, 6.45) is 0.814. The third kappa shape index (κ3) is 5.18.